The minimum Gasteiger partial charge on any atom is -0.497 e. The average Bonchev–Trinajstić information content (AvgIpc) is 3.21. The number of carbonyl (C=O) groups excluding carboxylic acids is 1. The van der Waals surface area contributed by atoms with Gasteiger partial charge >= 0.3 is 0 Å². The van der Waals surface area contributed by atoms with Gasteiger partial charge in [0.05, 0.1) is 26.9 Å². The monoisotopic (exact) mass is 369 g/mol. The molecule has 144 valence electrons. The Morgan fingerprint density at radius 1 is 1.15 bits per heavy atom. The predicted molar refractivity (Wildman–Crippen MR) is 104 cm³/mol. The van der Waals surface area contributed by atoms with Crippen LogP contribution in [-0.4, -0.2) is 37.7 Å². The Balaban J connectivity index is 1.71. The third kappa shape index (κ3) is 4.42. The van der Waals surface area contributed by atoms with E-state index in [1.807, 2.05) is 60.4 Å². The van der Waals surface area contributed by atoms with Gasteiger partial charge in [-0.3, -0.25) is 4.79 Å². The highest BCUT2D eigenvalue weighted by Crippen LogP contribution is 2.39. The Labute approximate surface area is 160 Å². The Morgan fingerprint density at radius 3 is 2.63 bits per heavy atom. The summed E-state index contributed by atoms with van der Waals surface area (Å²) in [5.41, 5.74) is 2.08. The van der Waals surface area contributed by atoms with Crippen LogP contribution >= 0.6 is 0 Å². The smallest absolute Gasteiger partial charge is 0.251 e. The van der Waals surface area contributed by atoms with Crippen molar-refractivity contribution in [3.05, 3.63) is 59.7 Å². The first-order valence-corrected chi connectivity index (χ1v) is 9.32. The minimum atomic E-state index is -0.491. The maximum Gasteiger partial charge on any atom is 0.251 e. The van der Waals surface area contributed by atoms with Gasteiger partial charge < -0.3 is 19.1 Å². The van der Waals surface area contributed by atoms with Crippen molar-refractivity contribution in [3.63, 3.8) is 0 Å². The fourth-order valence-electron chi connectivity index (χ4n) is 3.55. The van der Waals surface area contributed by atoms with Crippen LogP contribution < -0.4 is 9.47 Å². The van der Waals surface area contributed by atoms with E-state index >= 15 is 0 Å². The second-order valence-corrected chi connectivity index (χ2v) is 6.74. The molecule has 3 rings (SSSR count). The molecule has 1 amide bonds. The number of benzene rings is 2. The second-order valence-electron chi connectivity index (χ2n) is 6.74. The van der Waals surface area contributed by atoms with Crippen molar-refractivity contribution in [2.24, 2.45) is 0 Å². The number of rotatable bonds is 7. The van der Waals surface area contributed by atoms with Crippen LogP contribution in [0.3, 0.4) is 0 Å². The van der Waals surface area contributed by atoms with Crippen LogP contribution in [0.25, 0.3) is 0 Å². The summed E-state index contributed by atoms with van der Waals surface area (Å²) in [6, 6.07) is 15.7. The molecule has 1 fully saturated rings. The summed E-state index contributed by atoms with van der Waals surface area (Å²) in [7, 11) is 3.27. The molecule has 1 saturated heterocycles. The molecule has 2 atom stereocenters. The number of carbonyl (C=O) groups is 1. The van der Waals surface area contributed by atoms with E-state index in [2.05, 4.69) is 0 Å². The molecule has 2 aromatic carbocycles. The molecule has 2 unspecified atom stereocenters. The number of ether oxygens (including phenoxy) is 3. The van der Waals surface area contributed by atoms with Gasteiger partial charge in [-0.1, -0.05) is 30.3 Å². The average molecular weight is 369 g/mol. The molecule has 0 radical (unpaired) electrons. The summed E-state index contributed by atoms with van der Waals surface area (Å²) in [6.45, 7) is 2.99. The Hall–Kier alpha value is -2.53. The zero-order chi connectivity index (χ0) is 19.2. The number of likely N-dealkylation sites (tertiary alicyclic amines) is 1. The first-order valence-electron chi connectivity index (χ1n) is 9.32. The largest absolute Gasteiger partial charge is 0.497 e. The SMILES string of the molecule is COc1ccc(C2CCCN2C(=O)C(C)OCc2ccccc2)c(OC)c1. The molecule has 27 heavy (non-hydrogen) atoms. The summed E-state index contributed by atoms with van der Waals surface area (Å²) in [4.78, 5) is 14.9. The summed E-state index contributed by atoms with van der Waals surface area (Å²) >= 11 is 0. The van der Waals surface area contributed by atoms with Gasteiger partial charge in [0.2, 0.25) is 0 Å². The quantitative estimate of drug-likeness (QED) is 0.741. The number of amides is 1. The molecule has 0 aliphatic carbocycles. The number of nitrogens with zero attached hydrogens (tertiary/aromatic N) is 1. The molecule has 1 aliphatic heterocycles. The fourth-order valence-corrected chi connectivity index (χ4v) is 3.55. The van der Waals surface area contributed by atoms with Crippen molar-refractivity contribution >= 4 is 5.91 Å². The molecule has 0 saturated carbocycles. The first kappa shape index (κ1) is 19.2. The van der Waals surface area contributed by atoms with Gasteiger partial charge in [-0.15, -0.1) is 0 Å². The molecule has 5 nitrogen and oxygen atoms in total. The highest BCUT2D eigenvalue weighted by Gasteiger charge is 2.34. The topological polar surface area (TPSA) is 48.0 Å². The summed E-state index contributed by atoms with van der Waals surface area (Å²) in [6.07, 6.45) is 1.40. The van der Waals surface area contributed by atoms with E-state index in [4.69, 9.17) is 14.2 Å². The fraction of sp³-hybridized carbons (Fsp3) is 0.409. The number of hydrogen-bond donors (Lipinski definition) is 0. The number of methoxy groups -OCH3 is 2. The summed E-state index contributed by atoms with van der Waals surface area (Å²) in [5, 5.41) is 0. The Kier molecular flexibility index (Phi) is 6.35. The van der Waals surface area contributed by atoms with Gasteiger partial charge in [0.15, 0.2) is 0 Å². The molecule has 1 aliphatic rings. The summed E-state index contributed by atoms with van der Waals surface area (Å²) < 4.78 is 16.7. The molecule has 0 N–H and O–H groups in total. The van der Waals surface area contributed by atoms with E-state index in [9.17, 15) is 4.79 Å². The molecule has 0 aromatic heterocycles. The van der Waals surface area contributed by atoms with Gasteiger partial charge in [-0.2, -0.15) is 0 Å². The van der Waals surface area contributed by atoms with Crippen molar-refractivity contribution in [2.75, 3.05) is 20.8 Å². The minimum absolute atomic E-state index is 0.00105. The lowest BCUT2D eigenvalue weighted by atomic mass is 10.0. The molecule has 0 bridgehead atoms. The highest BCUT2D eigenvalue weighted by molar-refractivity contribution is 5.81. The maximum absolute atomic E-state index is 13.0. The Bertz CT molecular complexity index is 762. The predicted octanol–water partition coefficient (Wildman–Crippen LogP) is 3.97. The lowest BCUT2D eigenvalue weighted by Crippen LogP contribution is -2.38. The summed E-state index contributed by atoms with van der Waals surface area (Å²) in [5.74, 6) is 1.51. The maximum atomic E-state index is 13.0. The third-order valence-corrected chi connectivity index (χ3v) is 5.03. The lowest BCUT2D eigenvalue weighted by Gasteiger charge is -2.29. The molecule has 2 aromatic rings. The van der Waals surface area contributed by atoms with Crippen LogP contribution in [0, 0.1) is 0 Å². The van der Waals surface area contributed by atoms with E-state index in [0.29, 0.717) is 6.61 Å². The van der Waals surface area contributed by atoms with Crippen molar-refractivity contribution in [2.45, 2.75) is 38.5 Å². The van der Waals surface area contributed by atoms with Crippen molar-refractivity contribution < 1.29 is 19.0 Å². The van der Waals surface area contributed by atoms with Crippen LogP contribution in [0.2, 0.25) is 0 Å². The van der Waals surface area contributed by atoms with E-state index in [0.717, 1.165) is 42.0 Å². The molecular weight excluding hydrogens is 342 g/mol. The van der Waals surface area contributed by atoms with Crippen molar-refractivity contribution in [1.29, 1.82) is 0 Å². The molecule has 0 spiro atoms. The normalized spacial score (nSPS) is 17.6. The molecular formula is C22H27NO4. The van der Waals surface area contributed by atoms with Gasteiger partial charge in [-0.25, -0.2) is 0 Å². The van der Waals surface area contributed by atoms with Gasteiger partial charge in [0.25, 0.3) is 5.91 Å². The van der Waals surface area contributed by atoms with Gasteiger partial charge in [0, 0.05) is 18.2 Å². The van der Waals surface area contributed by atoms with Crippen LogP contribution in [0.15, 0.2) is 48.5 Å². The standard InChI is InChI=1S/C22H27NO4/c1-16(27-15-17-8-5-4-6-9-17)22(24)23-13-7-10-20(23)19-12-11-18(25-2)14-21(19)26-3/h4-6,8-9,11-12,14,16,20H,7,10,13,15H2,1-3H3. The third-order valence-electron chi connectivity index (χ3n) is 5.03. The van der Waals surface area contributed by atoms with Gasteiger partial charge in [-0.05, 0) is 37.5 Å². The first-order chi connectivity index (χ1) is 13.1. The highest BCUT2D eigenvalue weighted by atomic mass is 16.5. The van der Waals surface area contributed by atoms with E-state index in [-0.39, 0.29) is 11.9 Å². The van der Waals surface area contributed by atoms with E-state index < -0.39 is 6.10 Å². The van der Waals surface area contributed by atoms with Crippen LogP contribution in [-0.2, 0) is 16.1 Å². The van der Waals surface area contributed by atoms with Crippen LogP contribution in [0.1, 0.15) is 36.9 Å². The Morgan fingerprint density at radius 2 is 1.93 bits per heavy atom. The van der Waals surface area contributed by atoms with E-state index in [1.54, 1.807) is 14.2 Å². The lowest BCUT2D eigenvalue weighted by molar-refractivity contribution is -0.144. The molecule has 1 heterocycles. The van der Waals surface area contributed by atoms with Crippen LogP contribution in [0.4, 0.5) is 0 Å². The van der Waals surface area contributed by atoms with Crippen molar-refractivity contribution in [1.82, 2.24) is 4.90 Å². The molecule has 5 heteroatoms. The van der Waals surface area contributed by atoms with E-state index in [1.165, 1.54) is 0 Å². The van der Waals surface area contributed by atoms with Gasteiger partial charge in [0.1, 0.15) is 17.6 Å². The second kappa shape index (κ2) is 8.91. The van der Waals surface area contributed by atoms with Crippen molar-refractivity contribution in [3.8, 4) is 11.5 Å². The van der Waals surface area contributed by atoms with Crippen LogP contribution in [0.5, 0.6) is 11.5 Å². The zero-order valence-electron chi connectivity index (χ0n) is 16.2. The zero-order valence-corrected chi connectivity index (χ0v) is 16.2. The number of hydrogen-bond acceptors (Lipinski definition) is 4.